The largest absolute Gasteiger partial charge is 0.454 e. The van der Waals surface area contributed by atoms with Crippen LogP contribution in [0.1, 0.15) is 31.2 Å². The smallest absolute Gasteiger partial charge is 0.231 e. The summed E-state index contributed by atoms with van der Waals surface area (Å²) in [4.78, 5) is 0. The van der Waals surface area contributed by atoms with E-state index in [0.717, 1.165) is 37.2 Å². The topological polar surface area (TPSA) is 64.7 Å². The van der Waals surface area contributed by atoms with Gasteiger partial charge in [0, 0.05) is 12.0 Å². The van der Waals surface area contributed by atoms with Gasteiger partial charge in [-0.2, -0.15) is 0 Å². The number of benzene rings is 1. The molecule has 0 saturated heterocycles. The average molecular weight is 249 g/mol. The first-order chi connectivity index (χ1) is 8.73. The molecule has 1 aromatic rings. The SMILES string of the molecule is NCC1(c2ccc3c(c2)OCO3)CCC(O)CC1. The van der Waals surface area contributed by atoms with Gasteiger partial charge in [0.25, 0.3) is 0 Å². The lowest BCUT2D eigenvalue weighted by Crippen LogP contribution is -2.40. The fourth-order valence-corrected chi connectivity index (χ4v) is 2.99. The van der Waals surface area contributed by atoms with Crippen LogP contribution in [0.25, 0.3) is 0 Å². The highest BCUT2D eigenvalue weighted by molar-refractivity contribution is 5.47. The molecule has 1 aliphatic carbocycles. The van der Waals surface area contributed by atoms with Crippen LogP contribution >= 0.6 is 0 Å². The van der Waals surface area contributed by atoms with Gasteiger partial charge in [-0.15, -0.1) is 0 Å². The second kappa shape index (κ2) is 4.44. The average Bonchev–Trinajstić information content (AvgIpc) is 2.87. The van der Waals surface area contributed by atoms with Crippen LogP contribution in [0.3, 0.4) is 0 Å². The van der Waals surface area contributed by atoms with Crippen LogP contribution in [0.2, 0.25) is 0 Å². The monoisotopic (exact) mass is 249 g/mol. The Morgan fingerprint density at radius 3 is 2.67 bits per heavy atom. The summed E-state index contributed by atoms with van der Waals surface area (Å²) < 4.78 is 10.8. The van der Waals surface area contributed by atoms with E-state index < -0.39 is 0 Å². The van der Waals surface area contributed by atoms with E-state index in [1.165, 1.54) is 5.56 Å². The molecule has 0 atom stereocenters. The van der Waals surface area contributed by atoms with Crippen LogP contribution in [0, 0.1) is 0 Å². The van der Waals surface area contributed by atoms with Gasteiger partial charge in [-0.3, -0.25) is 0 Å². The maximum absolute atomic E-state index is 9.65. The van der Waals surface area contributed by atoms with Crippen LogP contribution in [0.15, 0.2) is 18.2 Å². The summed E-state index contributed by atoms with van der Waals surface area (Å²) in [7, 11) is 0. The zero-order chi connectivity index (χ0) is 12.6. The molecule has 98 valence electrons. The predicted octanol–water partition coefficient (Wildman–Crippen LogP) is 1.55. The maximum atomic E-state index is 9.65. The molecule has 4 nitrogen and oxygen atoms in total. The lowest BCUT2D eigenvalue weighted by atomic mass is 9.69. The van der Waals surface area contributed by atoms with Crippen molar-refractivity contribution in [1.82, 2.24) is 0 Å². The van der Waals surface area contributed by atoms with Crippen LogP contribution in [0.4, 0.5) is 0 Å². The van der Waals surface area contributed by atoms with Crippen molar-refractivity contribution in [3.05, 3.63) is 23.8 Å². The Kier molecular flexibility index (Phi) is 2.92. The zero-order valence-corrected chi connectivity index (χ0v) is 10.4. The van der Waals surface area contributed by atoms with Gasteiger partial charge in [0.2, 0.25) is 6.79 Å². The maximum Gasteiger partial charge on any atom is 0.231 e. The molecule has 3 N–H and O–H groups in total. The van der Waals surface area contributed by atoms with Crippen LogP contribution in [0.5, 0.6) is 11.5 Å². The summed E-state index contributed by atoms with van der Waals surface area (Å²) in [5.74, 6) is 1.62. The van der Waals surface area contributed by atoms with Crippen molar-refractivity contribution in [3.63, 3.8) is 0 Å². The van der Waals surface area contributed by atoms with Gasteiger partial charge in [0.1, 0.15) is 0 Å². The third-order valence-corrected chi connectivity index (χ3v) is 4.29. The van der Waals surface area contributed by atoms with Gasteiger partial charge in [-0.25, -0.2) is 0 Å². The van der Waals surface area contributed by atoms with E-state index >= 15 is 0 Å². The van der Waals surface area contributed by atoms with Crippen LogP contribution < -0.4 is 15.2 Å². The van der Waals surface area contributed by atoms with E-state index in [-0.39, 0.29) is 11.5 Å². The van der Waals surface area contributed by atoms with Gasteiger partial charge >= 0.3 is 0 Å². The second-order valence-electron chi connectivity index (χ2n) is 5.28. The fraction of sp³-hybridized carbons (Fsp3) is 0.571. The first kappa shape index (κ1) is 11.8. The van der Waals surface area contributed by atoms with Gasteiger partial charge in [-0.1, -0.05) is 6.07 Å². The molecule has 0 amide bonds. The Hall–Kier alpha value is -1.26. The van der Waals surface area contributed by atoms with E-state index in [0.29, 0.717) is 13.3 Å². The number of fused-ring (bicyclic) bond motifs is 1. The fourth-order valence-electron chi connectivity index (χ4n) is 2.99. The van der Waals surface area contributed by atoms with Crippen molar-refractivity contribution >= 4 is 0 Å². The summed E-state index contributed by atoms with van der Waals surface area (Å²) in [5.41, 5.74) is 7.20. The molecular formula is C14H19NO3. The third kappa shape index (κ3) is 1.85. The summed E-state index contributed by atoms with van der Waals surface area (Å²) in [6, 6.07) is 6.09. The van der Waals surface area contributed by atoms with Gasteiger partial charge in [0.05, 0.1) is 6.10 Å². The highest BCUT2D eigenvalue weighted by atomic mass is 16.7. The second-order valence-corrected chi connectivity index (χ2v) is 5.28. The molecule has 18 heavy (non-hydrogen) atoms. The summed E-state index contributed by atoms with van der Waals surface area (Å²) in [6.45, 7) is 0.909. The Bertz CT molecular complexity index is 439. The Morgan fingerprint density at radius 1 is 1.22 bits per heavy atom. The number of hydrogen-bond donors (Lipinski definition) is 2. The van der Waals surface area contributed by atoms with Crippen molar-refractivity contribution in [3.8, 4) is 11.5 Å². The Morgan fingerprint density at radius 2 is 1.94 bits per heavy atom. The van der Waals surface area contributed by atoms with E-state index in [9.17, 15) is 5.11 Å². The standard InChI is InChI=1S/C14H19NO3/c15-8-14(5-3-11(16)4-6-14)10-1-2-12-13(7-10)18-9-17-12/h1-2,7,11,16H,3-6,8-9,15H2. The molecule has 0 unspecified atom stereocenters. The minimum atomic E-state index is -0.168. The first-order valence-electron chi connectivity index (χ1n) is 6.52. The lowest BCUT2D eigenvalue weighted by Gasteiger charge is -2.38. The summed E-state index contributed by atoms with van der Waals surface area (Å²) in [6.07, 6.45) is 3.35. The molecule has 0 aromatic heterocycles. The Labute approximate surface area is 107 Å². The van der Waals surface area contributed by atoms with E-state index in [4.69, 9.17) is 15.2 Å². The molecule has 1 aliphatic heterocycles. The van der Waals surface area contributed by atoms with Crippen molar-refractivity contribution in [2.45, 2.75) is 37.2 Å². The number of nitrogens with two attached hydrogens (primary N) is 1. The zero-order valence-electron chi connectivity index (χ0n) is 10.4. The highest BCUT2D eigenvalue weighted by Crippen LogP contribution is 2.42. The molecule has 0 spiro atoms. The van der Waals surface area contributed by atoms with E-state index in [1.807, 2.05) is 12.1 Å². The molecule has 1 aromatic carbocycles. The van der Waals surface area contributed by atoms with Crippen molar-refractivity contribution in [2.75, 3.05) is 13.3 Å². The molecule has 3 rings (SSSR count). The van der Waals surface area contributed by atoms with Crippen LogP contribution in [-0.4, -0.2) is 24.5 Å². The quantitative estimate of drug-likeness (QED) is 0.834. The normalized spacial score (nSPS) is 30.4. The first-order valence-corrected chi connectivity index (χ1v) is 6.52. The van der Waals surface area contributed by atoms with E-state index in [2.05, 4.69) is 6.07 Å². The van der Waals surface area contributed by atoms with Crippen LogP contribution in [-0.2, 0) is 5.41 Å². The van der Waals surface area contributed by atoms with Crippen molar-refractivity contribution in [1.29, 1.82) is 0 Å². The predicted molar refractivity (Wildman–Crippen MR) is 67.8 cm³/mol. The molecule has 4 heteroatoms. The molecular weight excluding hydrogens is 230 g/mol. The summed E-state index contributed by atoms with van der Waals surface area (Å²) in [5, 5.41) is 9.65. The minimum Gasteiger partial charge on any atom is -0.454 e. The number of aliphatic hydroxyl groups excluding tert-OH is 1. The number of hydrogen-bond acceptors (Lipinski definition) is 4. The van der Waals surface area contributed by atoms with E-state index in [1.54, 1.807) is 0 Å². The Balaban J connectivity index is 1.92. The highest BCUT2D eigenvalue weighted by Gasteiger charge is 2.36. The lowest BCUT2D eigenvalue weighted by molar-refractivity contribution is 0.0974. The van der Waals surface area contributed by atoms with Gasteiger partial charge in [0.15, 0.2) is 11.5 Å². The number of aliphatic hydroxyl groups is 1. The molecule has 2 aliphatic rings. The number of ether oxygens (including phenoxy) is 2. The van der Waals surface area contributed by atoms with Crippen molar-refractivity contribution < 1.29 is 14.6 Å². The molecule has 1 saturated carbocycles. The minimum absolute atomic E-state index is 0.0137. The molecule has 0 bridgehead atoms. The summed E-state index contributed by atoms with van der Waals surface area (Å²) >= 11 is 0. The molecule has 1 heterocycles. The number of rotatable bonds is 2. The van der Waals surface area contributed by atoms with Gasteiger partial charge < -0.3 is 20.3 Å². The molecule has 0 radical (unpaired) electrons. The van der Waals surface area contributed by atoms with Gasteiger partial charge in [-0.05, 0) is 43.4 Å². The van der Waals surface area contributed by atoms with Crippen molar-refractivity contribution in [2.24, 2.45) is 5.73 Å². The molecule has 1 fully saturated rings. The third-order valence-electron chi connectivity index (χ3n) is 4.29.